The Labute approximate surface area is 92.1 Å². The molecule has 1 saturated heterocycles. The summed E-state index contributed by atoms with van der Waals surface area (Å²) in [6.45, 7) is 8.08. The first-order valence-corrected chi connectivity index (χ1v) is 5.46. The lowest BCUT2D eigenvalue weighted by molar-refractivity contribution is -0.00275. The van der Waals surface area contributed by atoms with Gasteiger partial charge in [-0.2, -0.15) is 0 Å². The van der Waals surface area contributed by atoms with E-state index in [-0.39, 0.29) is 12.1 Å². The van der Waals surface area contributed by atoms with E-state index in [4.69, 9.17) is 5.11 Å². The zero-order valence-electron chi connectivity index (χ0n) is 9.88. The van der Waals surface area contributed by atoms with E-state index >= 15 is 0 Å². The third-order valence-electron chi connectivity index (χ3n) is 2.94. The van der Waals surface area contributed by atoms with Gasteiger partial charge >= 0.3 is 0 Å². The number of likely N-dealkylation sites (tertiary alicyclic amines) is 1. The van der Waals surface area contributed by atoms with Crippen LogP contribution in [0.3, 0.4) is 0 Å². The summed E-state index contributed by atoms with van der Waals surface area (Å²) in [4.78, 5) is 2.35. The van der Waals surface area contributed by atoms with Gasteiger partial charge < -0.3 is 10.2 Å². The number of piperidine rings is 1. The van der Waals surface area contributed by atoms with E-state index < -0.39 is 5.60 Å². The molecule has 0 saturated carbocycles. The van der Waals surface area contributed by atoms with Crippen LogP contribution in [0.5, 0.6) is 0 Å². The largest absolute Gasteiger partial charge is 0.384 e. The Morgan fingerprint density at radius 2 is 1.80 bits per heavy atom. The number of hydrogen-bond donors (Lipinski definition) is 2. The van der Waals surface area contributed by atoms with E-state index in [1.54, 1.807) is 0 Å². The number of hydrogen-bond acceptors (Lipinski definition) is 3. The second-order valence-electron chi connectivity index (χ2n) is 5.15. The second kappa shape index (κ2) is 4.52. The minimum absolute atomic E-state index is 0.158. The summed E-state index contributed by atoms with van der Waals surface area (Å²) in [5, 5.41) is 18.7. The fraction of sp³-hybridized carbons (Fsp3) is 0.833. The second-order valence-corrected chi connectivity index (χ2v) is 5.15. The molecule has 2 N–H and O–H groups in total. The van der Waals surface area contributed by atoms with E-state index in [0.717, 1.165) is 13.1 Å². The predicted octanol–water partition coefficient (Wildman–Crippen LogP) is 0.608. The van der Waals surface area contributed by atoms with E-state index in [9.17, 15) is 5.11 Å². The maximum Gasteiger partial charge on any atom is 0.128 e. The van der Waals surface area contributed by atoms with Crippen LogP contribution < -0.4 is 0 Å². The van der Waals surface area contributed by atoms with Crippen LogP contribution in [-0.2, 0) is 0 Å². The highest BCUT2D eigenvalue weighted by molar-refractivity contribution is 5.15. The molecule has 0 radical (unpaired) electrons. The Morgan fingerprint density at radius 3 is 2.20 bits per heavy atom. The molecular formula is C12H21NO2. The molecule has 0 aliphatic carbocycles. The van der Waals surface area contributed by atoms with Gasteiger partial charge in [0.1, 0.15) is 12.2 Å². The summed E-state index contributed by atoms with van der Waals surface area (Å²) in [6, 6.07) is 0. The molecule has 0 aromatic carbocycles. The summed E-state index contributed by atoms with van der Waals surface area (Å²) in [5.74, 6) is 5.30. The zero-order valence-corrected chi connectivity index (χ0v) is 9.88. The Balaban J connectivity index is 2.55. The van der Waals surface area contributed by atoms with E-state index in [0.29, 0.717) is 12.8 Å². The number of aliphatic hydroxyl groups excluding tert-OH is 1. The average Bonchev–Trinajstić information content (AvgIpc) is 2.14. The smallest absolute Gasteiger partial charge is 0.128 e. The summed E-state index contributed by atoms with van der Waals surface area (Å²) in [6.07, 6.45) is 1.33. The molecule has 0 unspecified atom stereocenters. The molecule has 0 amide bonds. The third kappa shape index (κ3) is 3.49. The molecule has 0 atom stereocenters. The lowest BCUT2D eigenvalue weighted by Crippen LogP contribution is -2.51. The molecule has 0 aromatic heterocycles. The molecule has 3 heteroatoms. The van der Waals surface area contributed by atoms with Gasteiger partial charge in [0.2, 0.25) is 0 Å². The van der Waals surface area contributed by atoms with Gasteiger partial charge in [-0.3, -0.25) is 4.90 Å². The van der Waals surface area contributed by atoms with E-state index in [1.807, 2.05) is 0 Å². The van der Waals surface area contributed by atoms with Gasteiger partial charge in [0.05, 0.1) is 0 Å². The zero-order chi connectivity index (χ0) is 11.5. The monoisotopic (exact) mass is 211 g/mol. The summed E-state index contributed by atoms with van der Waals surface area (Å²) >= 11 is 0. The van der Waals surface area contributed by atoms with Crippen molar-refractivity contribution in [1.29, 1.82) is 0 Å². The van der Waals surface area contributed by atoms with Gasteiger partial charge in [-0.25, -0.2) is 0 Å². The molecule has 1 aliphatic rings. The molecule has 3 nitrogen and oxygen atoms in total. The first-order chi connectivity index (χ1) is 6.87. The lowest BCUT2D eigenvalue weighted by atomic mass is 9.89. The van der Waals surface area contributed by atoms with Gasteiger partial charge in [0.15, 0.2) is 0 Å². The molecular weight excluding hydrogens is 190 g/mol. The van der Waals surface area contributed by atoms with Gasteiger partial charge in [-0.1, -0.05) is 11.8 Å². The average molecular weight is 211 g/mol. The molecule has 86 valence electrons. The minimum Gasteiger partial charge on any atom is -0.384 e. The van der Waals surface area contributed by atoms with Crippen LogP contribution in [0.4, 0.5) is 0 Å². The van der Waals surface area contributed by atoms with Crippen molar-refractivity contribution in [3.05, 3.63) is 0 Å². The molecule has 0 aromatic rings. The molecule has 0 spiro atoms. The first-order valence-electron chi connectivity index (χ1n) is 5.46. The highest BCUT2D eigenvalue weighted by Gasteiger charge is 2.34. The topological polar surface area (TPSA) is 43.7 Å². The van der Waals surface area contributed by atoms with E-state index in [2.05, 4.69) is 37.5 Å². The highest BCUT2D eigenvalue weighted by atomic mass is 16.3. The summed E-state index contributed by atoms with van der Waals surface area (Å²) < 4.78 is 0. The maximum absolute atomic E-state index is 10.1. The molecule has 1 heterocycles. The normalized spacial score (nSPS) is 21.9. The van der Waals surface area contributed by atoms with Crippen LogP contribution in [0.25, 0.3) is 0 Å². The fourth-order valence-electron chi connectivity index (χ4n) is 1.88. The Hall–Kier alpha value is -0.560. The van der Waals surface area contributed by atoms with Crippen LogP contribution >= 0.6 is 0 Å². The summed E-state index contributed by atoms with van der Waals surface area (Å²) in [5.41, 5.74) is -0.726. The van der Waals surface area contributed by atoms with Crippen LogP contribution in [0.1, 0.15) is 33.6 Å². The van der Waals surface area contributed by atoms with Gasteiger partial charge in [0, 0.05) is 31.5 Å². The molecule has 0 bridgehead atoms. The van der Waals surface area contributed by atoms with Crippen molar-refractivity contribution in [2.45, 2.75) is 44.8 Å². The van der Waals surface area contributed by atoms with Crippen molar-refractivity contribution in [3.8, 4) is 11.8 Å². The van der Waals surface area contributed by atoms with Crippen molar-refractivity contribution < 1.29 is 10.2 Å². The molecule has 1 fully saturated rings. The van der Waals surface area contributed by atoms with Gasteiger partial charge in [-0.15, -0.1) is 0 Å². The van der Waals surface area contributed by atoms with Crippen molar-refractivity contribution in [2.24, 2.45) is 0 Å². The Bertz CT molecular complexity index is 262. The third-order valence-corrected chi connectivity index (χ3v) is 2.94. The number of rotatable bonds is 0. The fourth-order valence-corrected chi connectivity index (χ4v) is 1.88. The van der Waals surface area contributed by atoms with Crippen molar-refractivity contribution in [1.82, 2.24) is 4.90 Å². The maximum atomic E-state index is 10.1. The van der Waals surface area contributed by atoms with Crippen LogP contribution in [0.15, 0.2) is 0 Å². The van der Waals surface area contributed by atoms with Crippen LogP contribution in [-0.4, -0.2) is 45.9 Å². The Kier molecular flexibility index (Phi) is 3.77. The minimum atomic E-state index is -0.884. The first kappa shape index (κ1) is 12.5. The molecule has 1 aliphatic heterocycles. The highest BCUT2D eigenvalue weighted by Crippen LogP contribution is 2.26. The van der Waals surface area contributed by atoms with Crippen molar-refractivity contribution in [2.75, 3.05) is 19.7 Å². The summed E-state index contributed by atoms with van der Waals surface area (Å²) in [7, 11) is 0. The number of aliphatic hydroxyl groups is 2. The van der Waals surface area contributed by atoms with Gasteiger partial charge in [-0.05, 0) is 20.8 Å². The van der Waals surface area contributed by atoms with Crippen molar-refractivity contribution in [3.63, 3.8) is 0 Å². The number of nitrogens with zero attached hydrogens (tertiary/aromatic N) is 1. The SMILES string of the molecule is CC(C)(C)N1CCC(O)(C#CCO)CC1. The quantitative estimate of drug-likeness (QED) is 0.577. The van der Waals surface area contributed by atoms with Crippen molar-refractivity contribution >= 4 is 0 Å². The molecule has 15 heavy (non-hydrogen) atoms. The Morgan fingerprint density at radius 1 is 1.27 bits per heavy atom. The van der Waals surface area contributed by atoms with Crippen LogP contribution in [0, 0.1) is 11.8 Å². The lowest BCUT2D eigenvalue weighted by Gasteiger charge is -2.42. The van der Waals surface area contributed by atoms with E-state index in [1.165, 1.54) is 0 Å². The predicted molar refractivity (Wildman–Crippen MR) is 60.4 cm³/mol. The standard InChI is InChI=1S/C12H21NO2/c1-11(2,3)13-8-6-12(15,7-9-13)5-4-10-14/h14-15H,6-10H2,1-3H3. The van der Waals surface area contributed by atoms with Crippen LogP contribution in [0.2, 0.25) is 0 Å². The van der Waals surface area contributed by atoms with Gasteiger partial charge in [0.25, 0.3) is 0 Å². The molecule has 1 rings (SSSR count).